The van der Waals surface area contributed by atoms with E-state index < -0.39 is 18.1 Å². The Morgan fingerprint density at radius 2 is 1.83 bits per heavy atom. The van der Waals surface area contributed by atoms with E-state index in [0.29, 0.717) is 11.0 Å². The van der Waals surface area contributed by atoms with Gasteiger partial charge in [-0.05, 0) is 17.7 Å². The van der Waals surface area contributed by atoms with Crippen LogP contribution < -0.4 is 5.32 Å². The Kier molecular flexibility index (Phi) is 4.42. The van der Waals surface area contributed by atoms with Crippen LogP contribution >= 0.6 is 0 Å². The number of carbonyl (C=O) groups excluding carboxylic acids is 1. The predicted octanol–water partition coefficient (Wildman–Crippen LogP) is 2.88. The molecule has 24 heavy (non-hydrogen) atoms. The number of aliphatic carboxylic acids is 1. The van der Waals surface area contributed by atoms with E-state index in [4.69, 9.17) is 9.26 Å². The number of hydrogen-bond donors (Lipinski definition) is 2. The molecule has 1 unspecified atom stereocenters. The van der Waals surface area contributed by atoms with Crippen molar-refractivity contribution < 1.29 is 24.0 Å². The van der Waals surface area contributed by atoms with E-state index in [1.54, 1.807) is 36.4 Å². The largest absolute Gasteiger partial charge is 0.479 e. The van der Waals surface area contributed by atoms with Crippen LogP contribution in [0.1, 0.15) is 17.3 Å². The number of carboxylic acids is 1. The van der Waals surface area contributed by atoms with Gasteiger partial charge in [-0.2, -0.15) is 0 Å². The fraction of sp³-hybridized carbons (Fsp3) is 0.118. The molecule has 2 N–H and O–H groups in total. The quantitative estimate of drug-likeness (QED) is 0.747. The van der Waals surface area contributed by atoms with Gasteiger partial charge in [0.05, 0.1) is 0 Å². The molecule has 0 aliphatic heterocycles. The Morgan fingerprint density at radius 1 is 1.12 bits per heavy atom. The summed E-state index contributed by atoms with van der Waals surface area (Å²) in [6.07, 6.45) is -0.849. The van der Waals surface area contributed by atoms with E-state index in [2.05, 4.69) is 10.5 Å². The number of rotatable bonds is 5. The first-order chi connectivity index (χ1) is 11.6. The first kappa shape index (κ1) is 15.5. The Labute approximate surface area is 136 Å². The van der Waals surface area contributed by atoms with Crippen molar-refractivity contribution in [3.63, 3.8) is 0 Å². The molecule has 7 nitrogen and oxygen atoms in total. The van der Waals surface area contributed by atoms with E-state index in [9.17, 15) is 14.7 Å². The molecule has 3 aromatic rings. The van der Waals surface area contributed by atoms with E-state index >= 15 is 0 Å². The molecule has 3 rings (SSSR count). The third-order valence-electron chi connectivity index (χ3n) is 3.40. The molecular formula is C17H14N2O5. The van der Waals surface area contributed by atoms with Gasteiger partial charge in [-0.25, -0.2) is 9.59 Å². The lowest BCUT2D eigenvalue weighted by molar-refractivity contribution is -0.139. The van der Waals surface area contributed by atoms with Crippen molar-refractivity contribution >= 4 is 23.0 Å². The zero-order chi connectivity index (χ0) is 16.9. The maximum Gasteiger partial charge on any atom is 0.408 e. The van der Waals surface area contributed by atoms with Gasteiger partial charge in [0.15, 0.2) is 11.6 Å². The number of carbonyl (C=O) groups is 2. The van der Waals surface area contributed by atoms with Crippen molar-refractivity contribution in [1.82, 2.24) is 10.5 Å². The van der Waals surface area contributed by atoms with Gasteiger partial charge in [-0.3, -0.25) is 0 Å². The third-order valence-corrected chi connectivity index (χ3v) is 3.40. The second-order valence-electron chi connectivity index (χ2n) is 5.04. The van der Waals surface area contributed by atoms with Crippen LogP contribution in [0.4, 0.5) is 4.79 Å². The number of hydrogen-bond acceptors (Lipinski definition) is 5. The molecule has 0 saturated heterocycles. The minimum absolute atomic E-state index is 0.0403. The van der Waals surface area contributed by atoms with Gasteiger partial charge in [0, 0.05) is 5.39 Å². The number of alkyl carbamates (subject to hydrolysis) is 1. The summed E-state index contributed by atoms with van der Waals surface area (Å²) in [4.78, 5) is 23.4. The number of nitrogens with one attached hydrogen (secondary N) is 1. The summed E-state index contributed by atoms with van der Waals surface area (Å²) >= 11 is 0. The summed E-state index contributed by atoms with van der Waals surface area (Å²) in [7, 11) is 0. The zero-order valence-electron chi connectivity index (χ0n) is 12.5. The number of fused-ring (bicyclic) bond motifs is 1. The van der Waals surface area contributed by atoms with Crippen molar-refractivity contribution in [1.29, 1.82) is 0 Å². The molecule has 1 atom stereocenters. The van der Waals surface area contributed by atoms with Crippen LogP contribution in [0.15, 0.2) is 59.1 Å². The molecule has 0 bridgehead atoms. The van der Waals surface area contributed by atoms with Crippen molar-refractivity contribution in [2.75, 3.05) is 0 Å². The summed E-state index contributed by atoms with van der Waals surface area (Å²) in [6, 6.07) is 14.5. The number of benzene rings is 2. The number of carboxylic acid groups (broad SMARTS) is 1. The molecular weight excluding hydrogens is 312 g/mol. The molecule has 1 aromatic heterocycles. The molecule has 0 radical (unpaired) electrons. The zero-order valence-corrected chi connectivity index (χ0v) is 12.5. The molecule has 7 heteroatoms. The van der Waals surface area contributed by atoms with Gasteiger partial charge in [-0.1, -0.05) is 47.6 Å². The van der Waals surface area contributed by atoms with E-state index in [1.807, 2.05) is 18.2 Å². The second-order valence-corrected chi connectivity index (χ2v) is 5.04. The minimum atomic E-state index is -1.36. The number of nitrogens with zero attached hydrogens (tertiary/aromatic N) is 1. The molecule has 1 heterocycles. The maximum atomic E-state index is 11.9. The van der Waals surface area contributed by atoms with E-state index in [-0.39, 0.29) is 12.3 Å². The van der Waals surface area contributed by atoms with Crippen molar-refractivity contribution in [2.45, 2.75) is 12.6 Å². The number of aromatic nitrogens is 1. The van der Waals surface area contributed by atoms with Crippen LogP contribution in [0.25, 0.3) is 11.0 Å². The molecule has 0 saturated carbocycles. The molecule has 1 amide bonds. The minimum Gasteiger partial charge on any atom is -0.479 e. The molecule has 2 aromatic carbocycles. The Hall–Kier alpha value is -3.35. The molecule has 0 spiro atoms. The summed E-state index contributed by atoms with van der Waals surface area (Å²) < 4.78 is 10.1. The number of para-hydroxylation sites is 1. The monoisotopic (exact) mass is 326 g/mol. The topological polar surface area (TPSA) is 102 Å². The molecule has 0 fully saturated rings. The van der Waals surface area contributed by atoms with Crippen molar-refractivity contribution in [2.24, 2.45) is 0 Å². The van der Waals surface area contributed by atoms with Gasteiger partial charge in [0.25, 0.3) is 0 Å². The number of ether oxygens (including phenoxy) is 1. The average Bonchev–Trinajstić information content (AvgIpc) is 3.02. The normalized spacial score (nSPS) is 11.8. The summed E-state index contributed by atoms with van der Waals surface area (Å²) in [5, 5.41) is 16.0. The molecule has 122 valence electrons. The Balaban J connectivity index is 1.72. The molecule has 0 aliphatic carbocycles. The summed E-state index contributed by atoms with van der Waals surface area (Å²) in [5.74, 6) is -1.26. The van der Waals surface area contributed by atoms with Gasteiger partial charge in [-0.15, -0.1) is 0 Å². The Bertz CT molecular complexity index is 860. The van der Waals surface area contributed by atoms with Gasteiger partial charge in [0.1, 0.15) is 12.3 Å². The van der Waals surface area contributed by atoms with Gasteiger partial charge in [0.2, 0.25) is 0 Å². The highest BCUT2D eigenvalue weighted by Gasteiger charge is 2.28. The number of amides is 1. The fourth-order valence-corrected chi connectivity index (χ4v) is 2.24. The second kappa shape index (κ2) is 6.82. The highest BCUT2D eigenvalue weighted by atomic mass is 16.5. The van der Waals surface area contributed by atoms with Gasteiger partial charge >= 0.3 is 12.1 Å². The standard InChI is InChI=1S/C17H14N2O5/c20-16(21)15(14-12-8-4-5-9-13(12)24-19-14)18-17(22)23-10-11-6-2-1-3-7-11/h1-9,15H,10H2,(H,18,22)(H,20,21). The highest BCUT2D eigenvalue weighted by molar-refractivity contribution is 5.88. The van der Waals surface area contributed by atoms with Crippen molar-refractivity contribution in [3.8, 4) is 0 Å². The van der Waals surface area contributed by atoms with Crippen molar-refractivity contribution in [3.05, 3.63) is 65.9 Å². The third kappa shape index (κ3) is 3.35. The SMILES string of the molecule is O=C(NC(C(=O)O)c1noc2ccccc12)OCc1ccccc1. The van der Waals surface area contributed by atoms with E-state index in [1.165, 1.54) is 0 Å². The Morgan fingerprint density at radius 3 is 2.58 bits per heavy atom. The maximum absolute atomic E-state index is 11.9. The lowest BCUT2D eigenvalue weighted by Crippen LogP contribution is -2.34. The first-order valence-corrected chi connectivity index (χ1v) is 7.19. The summed E-state index contributed by atoms with van der Waals surface area (Å²) in [5.41, 5.74) is 1.36. The average molecular weight is 326 g/mol. The fourth-order valence-electron chi connectivity index (χ4n) is 2.24. The predicted molar refractivity (Wildman–Crippen MR) is 84.1 cm³/mol. The molecule has 0 aliphatic rings. The van der Waals surface area contributed by atoms with Crippen LogP contribution in [0.3, 0.4) is 0 Å². The van der Waals surface area contributed by atoms with E-state index in [0.717, 1.165) is 5.56 Å². The smallest absolute Gasteiger partial charge is 0.408 e. The lowest BCUT2D eigenvalue weighted by atomic mass is 10.1. The van der Waals surface area contributed by atoms with Crippen LogP contribution in [0.5, 0.6) is 0 Å². The van der Waals surface area contributed by atoms with Gasteiger partial charge < -0.3 is 19.7 Å². The lowest BCUT2D eigenvalue weighted by Gasteiger charge is -2.12. The van der Waals surface area contributed by atoms with Crippen LogP contribution in [0.2, 0.25) is 0 Å². The highest BCUT2D eigenvalue weighted by Crippen LogP contribution is 2.23. The first-order valence-electron chi connectivity index (χ1n) is 7.19. The van der Waals surface area contributed by atoms with Crippen LogP contribution in [-0.2, 0) is 16.1 Å². The summed E-state index contributed by atoms with van der Waals surface area (Å²) in [6.45, 7) is 0.0403. The van der Waals surface area contributed by atoms with Crippen LogP contribution in [0, 0.1) is 0 Å². The van der Waals surface area contributed by atoms with Crippen LogP contribution in [-0.4, -0.2) is 22.3 Å².